The van der Waals surface area contributed by atoms with Gasteiger partial charge in [0.05, 0.1) is 22.0 Å². The Morgan fingerprint density at radius 1 is 1.08 bits per heavy atom. The summed E-state index contributed by atoms with van der Waals surface area (Å²) < 4.78 is 6.97. The number of nitrogens with zero attached hydrogens (tertiary/aromatic N) is 2. The second kappa shape index (κ2) is 7.07. The van der Waals surface area contributed by atoms with Gasteiger partial charge in [0.25, 0.3) is 0 Å². The number of para-hydroxylation sites is 1. The predicted molar refractivity (Wildman–Crippen MR) is 93.9 cm³/mol. The molecule has 0 saturated heterocycles. The van der Waals surface area contributed by atoms with Gasteiger partial charge in [0, 0.05) is 5.56 Å². The lowest BCUT2D eigenvalue weighted by Crippen LogP contribution is -2.06. The minimum absolute atomic E-state index is 0.0293. The third kappa shape index (κ3) is 3.30. The van der Waals surface area contributed by atoms with E-state index in [2.05, 4.69) is 5.10 Å². The number of rotatable bonds is 4. The van der Waals surface area contributed by atoms with Crippen molar-refractivity contribution in [2.45, 2.75) is 13.5 Å². The summed E-state index contributed by atoms with van der Waals surface area (Å²) in [5.74, 6) is -0.497. The average Bonchev–Trinajstić information content (AvgIpc) is 2.88. The van der Waals surface area contributed by atoms with Crippen molar-refractivity contribution in [3.63, 3.8) is 0 Å². The van der Waals surface area contributed by atoms with Crippen molar-refractivity contribution in [3.8, 4) is 5.69 Å². The molecule has 3 rings (SSSR count). The van der Waals surface area contributed by atoms with Crippen LogP contribution in [0.4, 0.5) is 0 Å². The van der Waals surface area contributed by atoms with E-state index >= 15 is 0 Å². The van der Waals surface area contributed by atoms with Crippen LogP contribution in [0.1, 0.15) is 21.6 Å². The first-order chi connectivity index (χ1) is 11.6. The highest BCUT2D eigenvalue weighted by Gasteiger charge is 2.18. The molecule has 0 bridgehead atoms. The topological polar surface area (TPSA) is 44.1 Å². The average molecular weight is 361 g/mol. The highest BCUT2D eigenvalue weighted by molar-refractivity contribution is 6.33. The largest absolute Gasteiger partial charge is 0.457 e. The Bertz CT molecular complexity index is 876. The van der Waals surface area contributed by atoms with Crippen LogP contribution in [0.15, 0.2) is 54.6 Å². The molecule has 0 fully saturated rings. The molecule has 0 spiro atoms. The van der Waals surface area contributed by atoms with E-state index in [4.69, 9.17) is 27.9 Å². The first-order valence-electron chi connectivity index (χ1n) is 7.29. The maximum absolute atomic E-state index is 12.2. The molecule has 2 aromatic carbocycles. The molecule has 0 saturated carbocycles. The first kappa shape index (κ1) is 16.6. The smallest absolute Gasteiger partial charge is 0.339 e. The molecule has 122 valence electrons. The normalized spacial score (nSPS) is 10.6. The van der Waals surface area contributed by atoms with E-state index < -0.39 is 5.97 Å². The van der Waals surface area contributed by atoms with Crippen LogP contribution in [0.2, 0.25) is 10.2 Å². The molecule has 0 atom stereocenters. The summed E-state index contributed by atoms with van der Waals surface area (Å²) in [5, 5.41) is 5.19. The zero-order valence-electron chi connectivity index (χ0n) is 12.9. The third-order valence-corrected chi connectivity index (χ3v) is 4.28. The number of hydrogen-bond acceptors (Lipinski definition) is 3. The van der Waals surface area contributed by atoms with Crippen molar-refractivity contribution in [1.29, 1.82) is 0 Å². The second-order valence-electron chi connectivity index (χ2n) is 5.16. The van der Waals surface area contributed by atoms with E-state index in [-0.39, 0.29) is 6.61 Å². The van der Waals surface area contributed by atoms with Gasteiger partial charge in [-0.05, 0) is 31.2 Å². The summed E-state index contributed by atoms with van der Waals surface area (Å²) in [6.07, 6.45) is 0. The van der Waals surface area contributed by atoms with Crippen LogP contribution in [-0.2, 0) is 11.3 Å². The molecule has 0 aliphatic rings. The maximum atomic E-state index is 12.2. The van der Waals surface area contributed by atoms with E-state index in [1.165, 1.54) is 0 Å². The Morgan fingerprint density at radius 3 is 2.46 bits per heavy atom. The van der Waals surface area contributed by atoms with Crippen LogP contribution < -0.4 is 0 Å². The van der Waals surface area contributed by atoms with Gasteiger partial charge in [-0.2, -0.15) is 5.10 Å². The number of ether oxygens (including phenoxy) is 1. The van der Waals surface area contributed by atoms with Crippen LogP contribution in [0.25, 0.3) is 5.69 Å². The Hall–Kier alpha value is -2.30. The number of esters is 1. The second-order valence-corrected chi connectivity index (χ2v) is 5.92. The number of halogens is 2. The number of aryl methyl sites for hydroxylation is 1. The molecule has 0 aliphatic carbocycles. The van der Waals surface area contributed by atoms with Crippen molar-refractivity contribution in [2.75, 3.05) is 0 Å². The van der Waals surface area contributed by atoms with Gasteiger partial charge in [0.1, 0.15) is 11.8 Å². The summed E-state index contributed by atoms with van der Waals surface area (Å²) in [6.45, 7) is 1.85. The maximum Gasteiger partial charge on any atom is 0.339 e. The Balaban J connectivity index is 1.80. The Labute approximate surface area is 149 Å². The summed E-state index contributed by atoms with van der Waals surface area (Å²) in [6, 6.07) is 16.3. The van der Waals surface area contributed by atoms with E-state index in [1.54, 1.807) is 28.9 Å². The molecular formula is C18H14Cl2N2O2. The molecule has 0 N–H and O–H groups in total. The lowest BCUT2D eigenvalue weighted by atomic mass is 10.2. The predicted octanol–water partition coefficient (Wildman–Crippen LogP) is 4.84. The highest BCUT2D eigenvalue weighted by atomic mass is 35.5. The van der Waals surface area contributed by atoms with E-state index in [1.807, 2.05) is 37.3 Å². The number of benzene rings is 2. The molecule has 1 heterocycles. The minimum Gasteiger partial charge on any atom is -0.457 e. The standard InChI is InChI=1S/C18H14Cl2N2O2/c1-12-15(11-24-18(23)14-9-5-6-10-16(14)19)17(20)22(21-12)13-7-3-2-4-8-13/h2-10H,11H2,1H3. The van der Waals surface area contributed by atoms with Gasteiger partial charge in [0.15, 0.2) is 0 Å². The van der Waals surface area contributed by atoms with Gasteiger partial charge < -0.3 is 4.74 Å². The van der Waals surface area contributed by atoms with Gasteiger partial charge >= 0.3 is 5.97 Å². The van der Waals surface area contributed by atoms with Gasteiger partial charge in [-0.25, -0.2) is 9.48 Å². The molecule has 24 heavy (non-hydrogen) atoms. The molecule has 4 nitrogen and oxygen atoms in total. The number of aromatic nitrogens is 2. The van der Waals surface area contributed by atoms with Gasteiger partial charge in [-0.3, -0.25) is 0 Å². The monoisotopic (exact) mass is 360 g/mol. The van der Waals surface area contributed by atoms with E-state index in [0.717, 1.165) is 5.69 Å². The zero-order chi connectivity index (χ0) is 17.1. The first-order valence-corrected chi connectivity index (χ1v) is 8.04. The van der Waals surface area contributed by atoms with Crippen molar-refractivity contribution in [2.24, 2.45) is 0 Å². The van der Waals surface area contributed by atoms with Crippen molar-refractivity contribution >= 4 is 29.2 Å². The molecule has 1 aromatic heterocycles. The summed E-state index contributed by atoms with van der Waals surface area (Å²) >= 11 is 12.4. The van der Waals surface area contributed by atoms with Crippen molar-refractivity contribution in [1.82, 2.24) is 9.78 Å². The lowest BCUT2D eigenvalue weighted by molar-refractivity contribution is 0.0472. The quantitative estimate of drug-likeness (QED) is 0.625. The summed E-state index contributed by atoms with van der Waals surface area (Å²) in [4.78, 5) is 12.2. The molecule has 0 radical (unpaired) electrons. The minimum atomic E-state index is -0.497. The Kier molecular flexibility index (Phi) is 4.88. The molecule has 3 aromatic rings. The fraction of sp³-hybridized carbons (Fsp3) is 0.111. The van der Waals surface area contributed by atoms with Crippen molar-refractivity contribution in [3.05, 3.63) is 81.6 Å². The fourth-order valence-corrected chi connectivity index (χ4v) is 2.82. The zero-order valence-corrected chi connectivity index (χ0v) is 14.4. The molecule has 0 aliphatic heterocycles. The van der Waals surface area contributed by atoms with Crippen LogP contribution in [-0.4, -0.2) is 15.7 Å². The van der Waals surface area contributed by atoms with E-state index in [0.29, 0.717) is 27.0 Å². The SMILES string of the molecule is Cc1nn(-c2ccccc2)c(Cl)c1COC(=O)c1ccccc1Cl. The van der Waals surface area contributed by atoms with Crippen LogP contribution >= 0.6 is 23.2 Å². The molecule has 6 heteroatoms. The Morgan fingerprint density at radius 2 is 1.75 bits per heavy atom. The number of carbonyl (C=O) groups is 1. The lowest BCUT2D eigenvalue weighted by Gasteiger charge is -2.06. The molecule has 0 unspecified atom stereocenters. The number of hydrogen-bond donors (Lipinski definition) is 0. The van der Waals surface area contributed by atoms with Crippen LogP contribution in [0, 0.1) is 6.92 Å². The van der Waals surface area contributed by atoms with Gasteiger partial charge in [-0.1, -0.05) is 53.5 Å². The third-order valence-electron chi connectivity index (χ3n) is 3.56. The van der Waals surface area contributed by atoms with Crippen LogP contribution in [0.3, 0.4) is 0 Å². The molecule has 0 amide bonds. The number of carbonyl (C=O) groups excluding carboxylic acids is 1. The van der Waals surface area contributed by atoms with Gasteiger partial charge in [0.2, 0.25) is 0 Å². The van der Waals surface area contributed by atoms with E-state index in [9.17, 15) is 4.79 Å². The van der Waals surface area contributed by atoms with Crippen molar-refractivity contribution < 1.29 is 9.53 Å². The fourth-order valence-electron chi connectivity index (χ4n) is 2.28. The van der Waals surface area contributed by atoms with Crippen LogP contribution in [0.5, 0.6) is 0 Å². The molecular weight excluding hydrogens is 347 g/mol. The highest BCUT2D eigenvalue weighted by Crippen LogP contribution is 2.25. The summed E-state index contributed by atoms with van der Waals surface area (Å²) in [5.41, 5.74) is 2.54. The van der Waals surface area contributed by atoms with Gasteiger partial charge in [-0.15, -0.1) is 0 Å². The summed E-state index contributed by atoms with van der Waals surface area (Å²) in [7, 11) is 0.